The fourth-order valence-corrected chi connectivity index (χ4v) is 1.30. The predicted molar refractivity (Wildman–Crippen MR) is 55.5 cm³/mol. The van der Waals surface area contributed by atoms with Gasteiger partial charge in [-0.05, 0) is 18.8 Å². The summed E-state index contributed by atoms with van der Waals surface area (Å²) in [6.07, 6.45) is 2.91. The molecule has 0 radical (unpaired) electrons. The Morgan fingerprint density at radius 2 is 1.92 bits per heavy atom. The minimum atomic E-state index is 0.216. The van der Waals surface area contributed by atoms with Crippen LogP contribution in [0.25, 0.3) is 0 Å². The predicted octanol–water partition coefficient (Wildman–Crippen LogP) is 1.86. The van der Waals surface area contributed by atoms with E-state index in [1.165, 1.54) is 0 Å². The van der Waals surface area contributed by atoms with Gasteiger partial charge in [-0.2, -0.15) is 12.6 Å². The van der Waals surface area contributed by atoms with E-state index >= 15 is 0 Å². The minimum Gasteiger partial charge on any atom is -0.355 e. The maximum atomic E-state index is 10.2. The SMILES string of the molecule is CC(C)CCC(NC=O)C(C)S. The van der Waals surface area contributed by atoms with Crippen LogP contribution in [0.1, 0.15) is 33.6 Å². The zero-order valence-corrected chi connectivity index (χ0v) is 8.97. The lowest BCUT2D eigenvalue weighted by Crippen LogP contribution is -2.34. The molecule has 0 aromatic carbocycles. The van der Waals surface area contributed by atoms with E-state index in [0.29, 0.717) is 5.92 Å². The average molecular weight is 189 g/mol. The lowest BCUT2D eigenvalue weighted by Gasteiger charge is -2.19. The zero-order valence-electron chi connectivity index (χ0n) is 8.08. The van der Waals surface area contributed by atoms with Crippen molar-refractivity contribution in [3.05, 3.63) is 0 Å². The number of carbonyl (C=O) groups excluding carboxylic acids is 1. The second kappa shape index (κ2) is 6.35. The zero-order chi connectivity index (χ0) is 9.56. The average Bonchev–Trinajstić information content (AvgIpc) is 1.96. The van der Waals surface area contributed by atoms with Crippen LogP contribution in [0.3, 0.4) is 0 Å². The summed E-state index contributed by atoms with van der Waals surface area (Å²) in [7, 11) is 0. The molecule has 3 heteroatoms. The van der Waals surface area contributed by atoms with Gasteiger partial charge in [0.15, 0.2) is 0 Å². The van der Waals surface area contributed by atoms with Gasteiger partial charge in [0, 0.05) is 11.3 Å². The molecule has 2 unspecified atom stereocenters. The molecule has 2 nitrogen and oxygen atoms in total. The third kappa shape index (κ3) is 5.47. The number of hydrogen-bond acceptors (Lipinski definition) is 2. The van der Waals surface area contributed by atoms with E-state index in [1.54, 1.807) is 0 Å². The molecule has 0 spiro atoms. The Balaban J connectivity index is 3.70. The molecule has 2 atom stereocenters. The van der Waals surface area contributed by atoms with Gasteiger partial charge < -0.3 is 5.32 Å². The van der Waals surface area contributed by atoms with Crippen LogP contribution < -0.4 is 5.32 Å². The summed E-state index contributed by atoms with van der Waals surface area (Å²) in [6.45, 7) is 6.37. The van der Waals surface area contributed by atoms with Crippen LogP contribution in [0.2, 0.25) is 0 Å². The monoisotopic (exact) mass is 189 g/mol. The maximum Gasteiger partial charge on any atom is 0.207 e. The van der Waals surface area contributed by atoms with Crippen molar-refractivity contribution in [2.24, 2.45) is 5.92 Å². The third-order valence-corrected chi connectivity index (χ3v) is 2.28. The van der Waals surface area contributed by atoms with E-state index < -0.39 is 0 Å². The fourth-order valence-electron chi connectivity index (χ4n) is 1.06. The number of amides is 1. The summed E-state index contributed by atoms with van der Waals surface area (Å²) in [5.41, 5.74) is 0. The second-order valence-electron chi connectivity index (χ2n) is 3.60. The Labute approximate surface area is 80.5 Å². The quantitative estimate of drug-likeness (QED) is 0.484. The van der Waals surface area contributed by atoms with Crippen molar-refractivity contribution in [3.8, 4) is 0 Å². The number of nitrogens with one attached hydrogen (secondary N) is 1. The van der Waals surface area contributed by atoms with Crippen LogP contribution in [-0.2, 0) is 4.79 Å². The highest BCUT2D eigenvalue weighted by molar-refractivity contribution is 7.81. The van der Waals surface area contributed by atoms with Gasteiger partial charge in [0.2, 0.25) is 6.41 Å². The van der Waals surface area contributed by atoms with E-state index in [0.717, 1.165) is 19.3 Å². The summed E-state index contributed by atoms with van der Waals surface area (Å²) in [4.78, 5) is 10.2. The molecule has 0 aromatic heterocycles. The van der Waals surface area contributed by atoms with Crippen molar-refractivity contribution < 1.29 is 4.79 Å². The van der Waals surface area contributed by atoms with E-state index in [4.69, 9.17) is 0 Å². The molecule has 12 heavy (non-hydrogen) atoms. The first-order valence-electron chi connectivity index (χ1n) is 4.45. The highest BCUT2D eigenvalue weighted by Gasteiger charge is 2.12. The van der Waals surface area contributed by atoms with Gasteiger partial charge >= 0.3 is 0 Å². The molecular formula is C9H19NOS. The molecule has 72 valence electrons. The molecule has 0 saturated heterocycles. The van der Waals surface area contributed by atoms with Gasteiger partial charge in [0.25, 0.3) is 0 Å². The van der Waals surface area contributed by atoms with E-state index in [9.17, 15) is 4.79 Å². The van der Waals surface area contributed by atoms with Crippen LogP contribution in [0, 0.1) is 5.92 Å². The van der Waals surface area contributed by atoms with Gasteiger partial charge in [0.1, 0.15) is 0 Å². The molecular weight excluding hydrogens is 170 g/mol. The molecule has 1 N–H and O–H groups in total. The summed E-state index contributed by atoms with van der Waals surface area (Å²) >= 11 is 4.31. The summed E-state index contributed by atoms with van der Waals surface area (Å²) in [5, 5.41) is 3.01. The van der Waals surface area contributed by atoms with Gasteiger partial charge in [-0.25, -0.2) is 0 Å². The molecule has 0 aliphatic carbocycles. The topological polar surface area (TPSA) is 29.1 Å². The van der Waals surface area contributed by atoms with Gasteiger partial charge in [-0.15, -0.1) is 0 Å². The first-order chi connectivity index (χ1) is 5.57. The van der Waals surface area contributed by atoms with E-state index in [2.05, 4.69) is 31.8 Å². The largest absolute Gasteiger partial charge is 0.355 e. The first kappa shape index (κ1) is 11.8. The number of carbonyl (C=O) groups is 1. The van der Waals surface area contributed by atoms with Gasteiger partial charge in [-0.3, -0.25) is 4.79 Å². The smallest absolute Gasteiger partial charge is 0.207 e. The van der Waals surface area contributed by atoms with Gasteiger partial charge in [-0.1, -0.05) is 20.8 Å². The molecule has 0 heterocycles. The lowest BCUT2D eigenvalue weighted by molar-refractivity contribution is -0.110. The molecule has 0 saturated carbocycles. The van der Waals surface area contributed by atoms with E-state index in [-0.39, 0.29) is 11.3 Å². The molecule has 0 fully saturated rings. The third-order valence-electron chi connectivity index (χ3n) is 1.92. The molecule has 0 rings (SSSR count). The Hall–Kier alpha value is -0.180. The summed E-state index contributed by atoms with van der Waals surface area (Å²) in [5.74, 6) is 0.688. The summed E-state index contributed by atoms with van der Waals surface area (Å²) < 4.78 is 0. The van der Waals surface area contributed by atoms with Crippen LogP contribution in [0.15, 0.2) is 0 Å². The maximum absolute atomic E-state index is 10.2. The Kier molecular flexibility index (Phi) is 6.25. The lowest BCUT2D eigenvalue weighted by atomic mass is 10.0. The Morgan fingerprint density at radius 3 is 2.25 bits per heavy atom. The minimum absolute atomic E-state index is 0.216. The fraction of sp³-hybridized carbons (Fsp3) is 0.889. The standard InChI is InChI=1S/C9H19NOS/c1-7(2)4-5-9(8(3)12)10-6-11/h6-9,12H,4-5H2,1-3H3,(H,10,11). The van der Waals surface area contributed by atoms with Gasteiger partial charge in [0.05, 0.1) is 0 Å². The summed E-state index contributed by atoms with van der Waals surface area (Å²) in [6, 6.07) is 0.216. The van der Waals surface area contributed by atoms with Crippen molar-refractivity contribution in [2.45, 2.75) is 44.9 Å². The molecule has 1 amide bonds. The number of rotatable bonds is 6. The van der Waals surface area contributed by atoms with Crippen LogP contribution in [0.4, 0.5) is 0 Å². The molecule has 0 aliphatic rings. The first-order valence-corrected chi connectivity index (χ1v) is 4.97. The molecule has 0 aliphatic heterocycles. The molecule has 0 bridgehead atoms. The van der Waals surface area contributed by atoms with Crippen LogP contribution in [-0.4, -0.2) is 17.7 Å². The Morgan fingerprint density at radius 1 is 1.33 bits per heavy atom. The Bertz CT molecular complexity index is 126. The van der Waals surface area contributed by atoms with Crippen molar-refractivity contribution >= 4 is 19.0 Å². The van der Waals surface area contributed by atoms with Crippen molar-refractivity contribution in [1.82, 2.24) is 5.32 Å². The van der Waals surface area contributed by atoms with E-state index in [1.807, 2.05) is 6.92 Å². The number of thiol groups is 1. The molecule has 0 aromatic rings. The van der Waals surface area contributed by atoms with Crippen molar-refractivity contribution in [3.63, 3.8) is 0 Å². The van der Waals surface area contributed by atoms with Crippen molar-refractivity contribution in [2.75, 3.05) is 0 Å². The van der Waals surface area contributed by atoms with Crippen molar-refractivity contribution in [1.29, 1.82) is 0 Å². The highest BCUT2D eigenvalue weighted by Crippen LogP contribution is 2.11. The second-order valence-corrected chi connectivity index (χ2v) is 4.42. The van der Waals surface area contributed by atoms with Crippen LogP contribution >= 0.6 is 12.6 Å². The van der Waals surface area contributed by atoms with Crippen LogP contribution in [0.5, 0.6) is 0 Å². The highest BCUT2D eigenvalue weighted by atomic mass is 32.1. The normalized spacial score (nSPS) is 15.8. The number of hydrogen-bond donors (Lipinski definition) is 2.